The number of anilines is 1. The van der Waals surface area contributed by atoms with Crippen molar-refractivity contribution in [3.8, 4) is 0 Å². The fourth-order valence-corrected chi connectivity index (χ4v) is 2.98. The Morgan fingerprint density at radius 1 is 0.882 bits per heavy atom. The molecule has 2 aliphatic rings. The van der Waals surface area contributed by atoms with E-state index >= 15 is 0 Å². The molecule has 92 valence electrons. The smallest absolute Gasteiger partial charge is 0.0370 e. The monoisotopic (exact) mass is 230 g/mol. The minimum Gasteiger partial charge on any atom is -0.369 e. The van der Waals surface area contributed by atoms with Crippen LogP contribution in [-0.4, -0.2) is 38.1 Å². The fourth-order valence-electron chi connectivity index (χ4n) is 2.98. The van der Waals surface area contributed by atoms with Crippen molar-refractivity contribution in [3.63, 3.8) is 0 Å². The molecule has 0 saturated carbocycles. The predicted octanol–water partition coefficient (Wildman–Crippen LogP) is 2.32. The number of piperazine rings is 1. The van der Waals surface area contributed by atoms with Crippen LogP contribution in [0.2, 0.25) is 0 Å². The third-order valence-electron chi connectivity index (χ3n) is 4.20. The zero-order valence-corrected chi connectivity index (χ0v) is 10.8. The van der Waals surface area contributed by atoms with Crippen molar-refractivity contribution >= 4 is 5.69 Å². The SMILES string of the molecule is CN1CCN(c2ccc3c(c2)CCCC3)CC1. The predicted molar refractivity (Wildman–Crippen MR) is 72.8 cm³/mol. The number of aryl methyl sites for hydroxylation is 2. The first-order valence-corrected chi connectivity index (χ1v) is 6.88. The lowest BCUT2D eigenvalue weighted by atomic mass is 9.91. The molecule has 0 unspecified atom stereocenters. The fraction of sp³-hybridized carbons (Fsp3) is 0.600. The van der Waals surface area contributed by atoms with Gasteiger partial charge in [-0.25, -0.2) is 0 Å². The number of fused-ring (bicyclic) bond motifs is 1. The van der Waals surface area contributed by atoms with Gasteiger partial charge in [-0.2, -0.15) is 0 Å². The van der Waals surface area contributed by atoms with Crippen LogP contribution >= 0.6 is 0 Å². The molecule has 1 aliphatic heterocycles. The van der Waals surface area contributed by atoms with Gasteiger partial charge in [0.1, 0.15) is 0 Å². The molecule has 1 aromatic rings. The Hall–Kier alpha value is -1.02. The quantitative estimate of drug-likeness (QED) is 0.730. The summed E-state index contributed by atoms with van der Waals surface area (Å²) >= 11 is 0. The van der Waals surface area contributed by atoms with Crippen LogP contribution in [0.4, 0.5) is 5.69 Å². The van der Waals surface area contributed by atoms with Crippen molar-refractivity contribution in [2.75, 3.05) is 38.1 Å². The van der Waals surface area contributed by atoms with Crippen molar-refractivity contribution in [1.82, 2.24) is 4.90 Å². The van der Waals surface area contributed by atoms with Crippen LogP contribution in [-0.2, 0) is 12.8 Å². The maximum atomic E-state index is 2.54. The first kappa shape index (κ1) is 11.1. The number of hydrogen-bond acceptors (Lipinski definition) is 2. The summed E-state index contributed by atoms with van der Waals surface area (Å²) in [4.78, 5) is 4.95. The Bertz CT molecular complexity index is 392. The summed E-state index contributed by atoms with van der Waals surface area (Å²) in [6.07, 6.45) is 5.33. The lowest BCUT2D eigenvalue weighted by Gasteiger charge is -2.34. The molecule has 1 fully saturated rings. The van der Waals surface area contributed by atoms with E-state index in [1.54, 1.807) is 11.1 Å². The summed E-state index contributed by atoms with van der Waals surface area (Å²) in [6.45, 7) is 4.73. The molecule has 1 aliphatic carbocycles. The topological polar surface area (TPSA) is 6.48 Å². The lowest BCUT2D eigenvalue weighted by Crippen LogP contribution is -2.44. The van der Waals surface area contributed by atoms with E-state index < -0.39 is 0 Å². The highest BCUT2D eigenvalue weighted by molar-refractivity contribution is 5.52. The molecule has 0 atom stereocenters. The van der Waals surface area contributed by atoms with E-state index in [0.717, 1.165) is 0 Å². The minimum absolute atomic E-state index is 1.18. The number of likely N-dealkylation sites (N-methyl/N-ethyl adjacent to an activating group) is 1. The third kappa shape index (κ3) is 2.32. The van der Waals surface area contributed by atoms with Gasteiger partial charge < -0.3 is 9.80 Å². The second-order valence-electron chi connectivity index (χ2n) is 5.45. The minimum atomic E-state index is 1.18. The van der Waals surface area contributed by atoms with E-state index in [1.807, 2.05) is 0 Å². The zero-order valence-electron chi connectivity index (χ0n) is 10.8. The molecule has 0 radical (unpaired) electrons. The van der Waals surface area contributed by atoms with Crippen molar-refractivity contribution in [3.05, 3.63) is 29.3 Å². The van der Waals surface area contributed by atoms with Gasteiger partial charge in [-0.1, -0.05) is 6.07 Å². The number of benzene rings is 1. The van der Waals surface area contributed by atoms with Crippen LogP contribution < -0.4 is 4.90 Å². The summed E-state index contributed by atoms with van der Waals surface area (Å²) in [5.41, 5.74) is 4.64. The average molecular weight is 230 g/mol. The number of hydrogen-bond donors (Lipinski definition) is 0. The van der Waals surface area contributed by atoms with E-state index in [9.17, 15) is 0 Å². The van der Waals surface area contributed by atoms with Gasteiger partial charge in [0.15, 0.2) is 0 Å². The van der Waals surface area contributed by atoms with Crippen molar-refractivity contribution in [1.29, 1.82) is 0 Å². The number of nitrogens with zero attached hydrogens (tertiary/aromatic N) is 2. The van der Waals surface area contributed by atoms with E-state index in [0.29, 0.717) is 0 Å². The standard InChI is InChI=1S/C15H22N2/c1-16-8-10-17(11-9-16)15-7-6-13-4-2-3-5-14(13)12-15/h6-7,12H,2-5,8-11H2,1H3. The molecular formula is C15H22N2. The first-order valence-electron chi connectivity index (χ1n) is 6.88. The third-order valence-corrected chi connectivity index (χ3v) is 4.20. The second-order valence-corrected chi connectivity index (χ2v) is 5.45. The van der Waals surface area contributed by atoms with E-state index in [4.69, 9.17) is 0 Å². The van der Waals surface area contributed by atoms with Crippen molar-refractivity contribution in [2.45, 2.75) is 25.7 Å². The second kappa shape index (κ2) is 4.69. The van der Waals surface area contributed by atoms with E-state index in [-0.39, 0.29) is 0 Å². The maximum Gasteiger partial charge on any atom is 0.0370 e. The maximum absolute atomic E-state index is 2.54. The van der Waals surface area contributed by atoms with Crippen LogP contribution in [0.15, 0.2) is 18.2 Å². The Morgan fingerprint density at radius 3 is 2.35 bits per heavy atom. The molecular weight excluding hydrogens is 208 g/mol. The Kier molecular flexibility index (Phi) is 3.06. The molecule has 0 aromatic heterocycles. The summed E-state index contributed by atoms with van der Waals surface area (Å²) in [6, 6.07) is 7.14. The summed E-state index contributed by atoms with van der Waals surface area (Å²) in [5.74, 6) is 0. The first-order chi connectivity index (χ1) is 8.33. The Morgan fingerprint density at radius 2 is 1.59 bits per heavy atom. The zero-order chi connectivity index (χ0) is 11.7. The van der Waals surface area contributed by atoms with Crippen LogP contribution in [0, 0.1) is 0 Å². The largest absolute Gasteiger partial charge is 0.369 e. The molecule has 17 heavy (non-hydrogen) atoms. The van der Waals surface area contributed by atoms with Gasteiger partial charge in [0.25, 0.3) is 0 Å². The lowest BCUT2D eigenvalue weighted by molar-refractivity contribution is 0.313. The summed E-state index contributed by atoms with van der Waals surface area (Å²) in [5, 5.41) is 0. The summed E-state index contributed by atoms with van der Waals surface area (Å²) in [7, 11) is 2.21. The van der Waals surface area contributed by atoms with Gasteiger partial charge in [-0.3, -0.25) is 0 Å². The number of rotatable bonds is 1. The molecule has 1 aromatic carbocycles. The van der Waals surface area contributed by atoms with Crippen LogP contribution in [0.5, 0.6) is 0 Å². The molecule has 1 saturated heterocycles. The van der Waals surface area contributed by atoms with Crippen LogP contribution in [0.1, 0.15) is 24.0 Å². The molecule has 0 spiro atoms. The van der Waals surface area contributed by atoms with E-state index in [1.165, 1.54) is 57.5 Å². The highest BCUT2D eigenvalue weighted by atomic mass is 15.2. The van der Waals surface area contributed by atoms with Crippen LogP contribution in [0.3, 0.4) is 0 Å². The highest BCUT2D eigenvalue weighted by Gasteiger charge is 2.16. The highest BCUT2D eigenvalue weighted by Crippen LogP contribution is 2.26. The van der Waals surface area contributed by atoms with Crippen molar-refractivity contribution in [2.24, 2.45) is 0 Å². The van der Waals surface area contributed by atoms with Crippen LogP contribution in [0.25, 0.3) is 0 Å². The molecule has 0 N–H and O–H groups in total. The van der Waals surface area contributed by atoms with Gasteiger partial charge in [-0.15, -0.1) is 0 Å². The molecule has 0 bridgehead atoms. The van der Waals surface area contributed by atoms with Crippen molar-refractivity contribution < 1.29 is 0 Å². The van der Waals surface area contributed by atoms with Gasteiger partial charge >= 0.3 is 0 Å². The average Bonchev–Trinajstić information content (AvgIpc) is 2.39. The summed E-state index contributed by atoms with van der Waals surface area (Å²) < 4.78 is 0. The Balaban J connectivity index is 1.79. The van der Waals surface area contributed by atoms with E-state index in [2.05, 4.69) is 35.0 Å². The van der Waals surface area contributed by atoms with Gasteiger partial charge in [0.05, 0.1) is 0 Å². The molecule has 0 amide bonds. The normalized spacial score (nSPS) is 21.4. The van der Waals surface area contributed by atoms with Gasteiger partial charge in [-0.05, 0) is 56.0 Å². The van der Waals surface area contributed by atoms with Gasteiger partial charge in [0.2, 0.25) is 0 Å². The Labute approximate surface area is 104 Å². The van der Waals surface area contributed by atoms with Gasteiger partial charge in [0, 0.05) is 31.9 Å². The molecule has 3 rings (SSSR count). The molecule has 2 nitrogen and oxygen atoms in total. The molecule has 2 heteroatoms. The molecule has 1 heterocycles.